The molecule has 2 aromatic carbocycles. The van der Waals surface area contributed by atoms with E-state index in [1.165, 1.54) is 36.1 Å². The van der Waals surface area contributed by atoms with Crippen molar-refractivity contribution in [2.24, 2.45) is 0 Å². The third kappa shape index (κ3) is 3.55. The lowest BCUT2D eigenvalue weighted by Crippen LogP contribution is -2.38. The first-order valence-electron chi connectivity index (χ1n) is 11.9. The van der Waals surface area contributed by atoms with Crippen LogP contribution in [-0.2, 0) is 5.41 Å². The van der Waals surface area contributed by atoms with Gasteiger partial charge in [0.25, 0.3) is 5.91 Å². The third-order valence-corrected chi connectivity index (χ3v) is 7.75. The summed E-state index contributed by atoms with van der Waals surface area (Å²) in [6.45, 7) is 1.24. The second kappa shape index (κ2) is 7.77. The zero-order valence-electron chi connectivity index (χ0n) is 18.5. The zero-order chi connectivity index (χ0) is 22.6. The van der Waals surface area contributed by atoms with Gasteiger partial charge in [-0.1, -0.05) is 36.4 Å². The molecule has 1 aliphatic heterocycles. The second-order valence-electron chi connectivity index (χ2n) is 9.84. The SMILES string of the molecule is O=C(c1ccc(F)cn1)N1CCC2(CCC(O)c3cc(-c4ccccc4C4CC4)ccc32)C1. The highest BCUT2D eigenvalue weighted by atomic mass is 19.1. The van der Waals surface area contributed by atoms with Crippen LogP contribution in [0.4, 0.5) is 4.39 Å². The summed E-state index contributed by atoms with van der Waals surface area (Å²) in [5, 5.41) is 10.9. The molecular weight excluding hydrogens is 415 g/mol. The molecule has 3 aliphatic rings. The Morgan fingerprint density at radius 3 is 2.67 bits per heavy atom. The predicted octanol–water partition coefficient (Wildman–Crippen LogP) is 5.38. The molecular formula is C28H27FN2O2. The molecule has 1 amide bonds. The van der Waals surface area contributed by atoms with Crippen LogP contribution in [0.1, 0.15) is 71.3 Å². The molecule has 1 N–H and O–H groups in total. The molecule has 1 saturated carbocycles. The maximum atomic E-state index is 13.2. The van der Waals surface area contributed by atoms with E-state index in [4.69, 9.17) is 0 Å². The molecule has 2 heterocycles. The van der Waals surface area contributed by atoms with Crippen LogP contribution >= 0.6 is 0 Å². The average Bonchev–Trinajstić information content (AvgIpc) is 3.61. The number of aliphatic hydroxyl groups is 1. The minimum absolute atomic E-state index is 0.154. The van der Waals surface area contributed by atoms with Crippen LogP contribution in [0.2, 0.25) is 0 Å². The van der Waals surface area contributed by atoms with Gasteiger partial charge >= 0.3 is 0 Å². The Morgan fingerprint density at radius 1 is 1.03 bits per heavy atom. The Balaban J connectivity index is 1.33. The third-order valence-electron chi connectivity index (χ3n) is 7.75. The van der Waals surface area contributed by atoms with E-state index in [2.05, 4.69) is 47.4 Å². The average molecular weight is 443 g/mol. The van der Waals surface area contributed by atoms with E-state index in [1.807, 2.05) is 4.90 Å². The van der Waals surface area contributed by atoms with Gasteiger partial charge in [-0.15, -0.1) is 0 Å². The minimum Gasteiger partial charge on any atom is -0.388 e. The van der Waals surface area contributed by atoms with E-state index in [0.717, 1.165) is 35.7 Å². The molecule has 3 aromatic rings. The number of aliphatic hydroxyl groups excluding tert-OH is 1. The number of carbonyl (C=O) groups excluding carboxylic acids is 1. The van der Waals surface area contributed by atoms with Gasteiger partial charge in [0.2, 0.25) is 0 Å². The van der Waals surface area contributed by atoms with Crippen molar-refractivity contribution < 1.29 is 14.3 Å². The largest absolute Gasteiger partial charge is 0.388 e. The molecule has 2 fully saturated rings. The van der Waals surface area contributed by atoms with Crippen molar-refractivity contribution in [3.63, 3.8) is 0 Å². The van der Waals surface area contributed by atoms with Crippen LogP contribution in [0.5, 0.6) is 0 Å². The highest BCUT2D eigenvalue weighted by molar-refractivity contribution is 5.92. The fourth-order valence-corrected chi connectivity index (χ4v) is 5.84. The van der Waals surface area contributed by atoms with Gasteiger partial charge in [-0.05, 0) is 84.0 Å². The van der Waals surface area contributed by atoms with E-state index in [0.29, 0.717) is 25.4 Å². The molecule has 33 heavy (non-hydrogen) atoms. The molecule has 1 saturated heterocycles. The Kier molecular flexibility index (Phi) is 4.84. The summed E-state index contributed by atoms with van der Waals surface area (Å²) in [5.74, 6) is 0.0520. The Hall–Kier alpha value is -3.05. The van der Waals surface area contributed by atoms with Crippen molar-refractivity contribution in [2.75, 3.05) is 13.1 Å². The molecule has 0 radical (unpaired) electrons. The van der Waals surface area contributed by atoms with Crippen LogP contribution in [0, 0.1) is 5.82 Å². The first-order chi connectivity index (χ1) is 16.0. The summed E-state index contributed by atoms with van der Waals surface area (Å²) in [5.41, 5.74) is 6.11. The smallest absolute Gasteiger partial charge is 0.272 e. The van der Waals surface area contributed by atoms with E-state index in [1.54, 1.807) is 0 Å². The number of hydrogen-bond acceptors (Lipinski definition) is 3. The number of fused-ring (bicyclic) bond motifs is 2. The molecule has 2 aliphatic carbocycles. The zero-order valence-corrected chi connectivity index (χ0v) is 18.5. The number of amides is 1. The number of benzene rings is 2. The molecule has 6 rings (SSSR count). The molecule has 1 aromatic heterocycles. The fourth-order valence-electron chi connectivity index (χ4n) is 5.84. The first kappa shape index (κ1) is 20.5. The van der Waals surface area contributed by atoms with Crippen molar-refractivity contribution in [3.8, 4) is 11.1 Å². The number of rotatable bonds is 3. The van der Waals surface area contributed by atoms with Gasteiger partial charge < -0.3 is 10.0 Å². The van der Waals surface area contributed by atoms with E-state index in [9.17, 15) is 14.3 Å². The summed E-state index contributed by atoms with van der Waals surface area (Å²) < 4.78 is 13.2. The summed E-state index contributed by atoms with van der Waals surface area (Å²) >= 11 is 0. The van der Waals surface area contributed by atoms with Crippen molar-refractivity contribution in [1.82, 2.24) is 9.88 Å². The fraction of sp³-hybridized carbons (Fsp3) is 0.357. The molecule has 5 heteroatoms. The molecule has 4 nitrogen and oxygen atoms in total. The van der Waals surface area contributed by atoms with Crippen molar-refractivity contribution in [3.05, 3.63) is 89.0 Å². The maximum absolute atomic E-state index is 13.2. The Labute approximate surface area is 193 Å². The van der Waals surface area contributed by atoms with Crippen LogP contribution < -0.4 is 0 Å². The summed E-state index contributed by atoms with van der Waals surface area (Å²) in [6, 6.07) is 17.9. The van der Waals surface area contributed by atoms with Crippen LogP contribution in [0.15, 0.2) is 60.8 Å². The lowest BCUT2D eigenvalue weighted by molar-refractivity contribution is 0.0768. The molecule has 1 spiro atoms. The topological polar surface area (TPSA) is 53.4 Å². The van der Waals surface area contributed by atoms with Gasteiger partial charge in [0.1, 0.15) is 11.5 Å². The molecule has 2 atom stereocenters. The van der Waals surface area contributed by atoms with E-state index in [-0.39, 0.29) is 17.0 Å². The second-order valence-corrected chi connectivity index (χ2v) is 9.84. The van der Waals surface area contributed by atoms with E-state index < -0.39 is 11.9 Å². The Morgan fingerprint density at radius 2 is 1.88 bits per heavy atom. The normalized spacial score (nSPS) is 24.2. The number of pyridine rings is 1. The number of carbonyl (C=O) groups is 1. The van der Waals surface area contributed by atoms with Crippen molar-refractivity contribution in [2.45, 2.75) is 49.5 Å². The quantitative estimate of drug-likeness (QED) is 0.593. The predicted molar refractivity (Wildman–Crippen MR) is 124 cm³/mol. The number of aromatic nitrogens is 1. The number of likely N-dealkylation sites (tertiary alicyclic amines) is 1. The van der Waals surface area contributed by atoms with Gasteiger partial charge in [-0.3, -0.25) is 4.79 Å². The van der Waals surface area contributed by atoms with Gasteiger partial charge in [0.05, 0.1) is 12.3 Å². The van der Waals surface area contributed by atoms with E-state index >= 15 is 0 Å². The lowest BCUT2D eigenvalue weighted by atomic mass is 9.68. The highest BCUT2D eigenvalue weighted by Crippen LogP contribution is 2.49. The highest BCUT2D eigenvalue weighted by Gasteiger charge is 2.46. The molecule has 2 unspecified atom stereocenters. The van der Waals surface area contributed by atoms with Gasteiger partial charge in [0, 0.05) is 18.5 Å². The number of hydrogen-bond donors (Lipinski definition) is 1. The van der Waals surface area contributed by atoms with Crippen LogP contribution in [0.3, 0.4) is 0 Å². The van der Waals surface area contributed by atoms with Gasteiger partial charge in [-0.2, -0.15) is 0 Å². The first-order valence-corrected chi connectivity index (χ1v) is 11.9. The van der Waals surface area contributed by atoms with Gasteiger partial charge in [0.15, 0.2) is 0 Å². The molecule has 0 bridgehead atoms. The summed E-state index contributed by atoms with van der Waals surface area (Å²) in [7, 11) is 0. The van der Waals surface area contributed by atoms with Crippen LogP contribution in [-0.4, -0.2) is 34.0 Å². The van der Waals surface area contributed by atoms with Crippen molar-refractivity contribution >= 4 is 5.91 Å². The Bertz CT molecular complexity index is 1220. The standard InChI is InChI=1S/C28H27FN2O2/c29-20-8-10-25(30-16-20)27(33)31-14-13-28(17-31)12-11-26(32)23-15-19(7-9-24(23)28)22-4-2-1-3-21(22)18-5-6-18/h1-4,7-10,15-16,18,26,32H,5-6,11-14,17H2. The van der Waals surface area contributed by atoms with Gasteiger partial charge in [-0.25, -0.2) is 9.37 Å². The lowest BCUT2D eigenvalue weighted by Gasteiger charge is -2.38. The monoisotopic (exact) mass is 442 g/mol. The number of nitrogens with zero attached hydrogens (tertiary/aromatic N) is 2. The van der Waals surface area contributed by atoms with Crippen molar-refractivity contribution in [1.29, 1.82) is 0 Å². The molecule has 168 valence electrons. The number of halogens is 1. The summed E-state index contributed by atoms with van der Waals surface area (Å²) in [6.07, 6.45) is 5.50. The summed E-state index contributed by atoms with van der Waals surface area (Å²) in [4.78, 5) is 18.8. The van der Waals surface area contributed by atoms with Crippen LogP contribution in [0.25, 0.3) is 11.1 Å². The minimum atomic E-state index is -0.484. The maximum Gasteiger partial charge on any atom is 0.272 e.